The fraction of sp³-hybridized carbons (Fsp3) is 0.435. The molecule has 1 atom stereocenters. The van der Waals surface area contributed by atoms with Crippen LogP contribution < -0.4 is 16.0 Å². The van der Waals surface area contributed by atoms with E-state index >= 15 is 0 Å². The molecule has 1 aliphatic rings. The molecule has 1 unspecified atom stereocenters. The van der Waals surface area contributed by atoms with Gasteiger partial charge in [-0.15, -0.1) is 0 Å². The van der Waals surface area contributed by atoms with Gasteiger partial charge in [-0.05, 0) is 43.2 Å². The van der Waals surface area contributed by atoms with Crippen LogP contribution in [0.2, 0.25) is 0 Å². The molecule has 1 saturated carbocycles. The lowest BCUT2D eigenvalue weighted by molar-refractivity contribution is -0.123. The summed E-state index contributed by atoms with van der Waals surface area (Å²) < 4.78 is 6.95. The summed E-state index contributed by atoms with van der Waals surface area (Å²) in [5.74, 6) is 0.253. The second-order valence-electron chi connectivity index (χ2n) is 8.28. The van der Waals surface area contributed by atoms with Crippen LogP contribution in [0, 0.1) is 5.92 Å². The zero-order chi connectivity index (χ0) is 22.7. The molecule has 9 nitrogen and oxygen atoms in total. The Morgan fingerprint density at radius 1 is 1.31 bits per heavy atom. The van der Waals surface area contributed by atoms with Gasteiger partial charge in [0.15, 0.2) is 5.76 Å². The van der Waals surface area contributed by atoms with E-state index in [4.69, 9.17) is 10.2 Å². The number of nitrogens with two attached hydrogens (primary N) is 1. The van der Waals surface area contributed by atoms with E-state index in [-0.39, 0.29) is 24.0 Å². The SMILES string of the molecule is CN(C(=O)C1CCCCC1)c1ccc2c(c1)nc(NC(=O)c1ccco1)n2CCC(N)O. The second-order valence-corrected chi connectivity index (χ2v) is 8.28. The number of aromatic nitrogens is 2. The van der Waals surface area contributed by atoms with Crippen molar-refractivity contribution in [2.75, 3.05) is 17.3 Å². The minimum Gasteiger partial charge on any atom is -0.459 e. The minimum atomic E-state index is -0.986. The normalized spacial score (nSPS) is 15.6. The summed E-state index contributed by atoms with van der Waals surface area (Å²) in [7, 11) is 1.79. The smallest absolute Gasteiger partial charge is 0.293 e. The number of aryl methyl sites for hydroxylation is 1. The van der Waals surface area contributed by atoms with Gasteiger partial charge >= 0.3 is 0 Å². The summed E-state index contributed by atoms with van der Waals surface area (Å²) in [5.41, 5.74) is 7.67. The average molecular weight is 440 g/mol. The number of hydrogen-bond acceptors (Lipinski definition) is 6. The average Bonchev–Trinajstić information content (AvgIpc) is 3.45. The van der Waals surface area contributed by atoms with E-state index in [1.807, 2.05) is 18.2 Å². The first-order valence-corrected chi connectivity index (χ1v) is 11.0. The fourth-order valence-electron chi connectivity index (χ4n) is 4.23. The van der Waals surface area contributed by atoms with Gasteiger partial charge in [0.05, 0.1) is 17.3 Å². The van der Waals surface area contributed by atoms with Crippen molar-refractivity contribution in [3.63, 3.8) is 0 Å². The highest BCUT2D eigenvalue weighted by molar-refractivity contribution is 6.02. The van der Waals surface area contributed by atoms with Gasteiger partial charge in [0, 0.05) is 31.6 Å². The number of imidazole rings is 1. The molecule has 170 valence electrons. The molecular formula is C23H29N5O4. The number of benzene rings is 1. The quantitative estimate of drug-likeness (QED) is 0.486. The third kappa shape index (κ3) is 4.68. The van der Waals surface area contributed by atoms with E-state index in [2.05, 4.69) is 10.3 Å². The Morgan fingerprint density at radius 3 is 2.78 bits per heavy atom. The van der Waals surface area contributed by atoms with Crippen molar-refractivity contribution in [3.8, 4) is 0 Å². The van der Waals surface area contributed by atoms with Crippen LogP contribution in [0.1, 0.15) is 49.1 Å². The maximum atomic E-state index is 13.0. The Hall–Kier alpha value is -3.17. The first-order chi connectivity index (χ1) is 15.4. The Morgan fingerprint density at radius 2 is 2.09 bits per heavy atom. The number of fused-ring (bicyclic) bond motifs is 1. The monoisotopic (exact) mass is 439 g/mol. The van der Waals surface area contributed by atoms with Crippen molar-refractivity contribution >= 4 is 34.5 Å². The number of hydrogen-bond donors (Lipinski definition) is 3. The van der Waals surface area contributed by atoms with Crippen molar-refractivity contribution in [2.24, 2.45) is 11.7 Å². The van der Waals surface area contributed by atoms with E-state index in [1.165, 1.54) is 12.7 Å². The summed E-state index contributed by atoms with van der Waals surface area (Å²) in [6, 6.07) is 8.78. The predicted octanol–water partition coefficient (Wildman–Crippen LogP) is 3.09. The van der Waals surface area contributed by atoms with Crippen LogP contribution in [-0.4, -0.2) is 39.7 Å². The van der Waals surface area contributed by atoms with Gasteiger partial charge < -0.3 is 24.7 Å². The van der Waals surface area contributed by atoms with Crippen LogP contribution in [0.15, 0.2) is 41.0 Å². The lowest BCUT2D eigenvalue weighted by Crippen LogP contribution is -2.33. The lowest BCUT2D eigenvalue weighted by atomic mass is 9.88. The Bertz CT molecular complexity index is 1080. The van der Waals surface area contributed by atoms with Crippen LogP contribution in [-0.2, 0) is 11.3 Å². The second kappa shape index (κ2) is 9.54. The summed E-state index contributed by atoms with van der Waals surface area (Å²) >= 11 is 0. The third-order valence-corrected chi connectivity index (χ3v) is 6.02. The van der Waals surface area contributed by atoms with Gasteiger partial charge in [-0.3, -0.25) is 14.9 Å². The van der Waals surface area contributed by atoms with Gasteiger partial charge in [0.1, 0.15) is 6.23 Å². The van der Waals surface area contributed by atoms with Gasteiger partial charge in [-0.25, -0.2) is 4.98 Å². The van der Waals surface area contributed by atoms with Crippen LogP contribution in [0.4, 0.5) is 11.6 Å². The minimum absolute atomic E-state index is 0.0659. The molecule has 1 aliphatic carbocycles. The van der Waals surface area contributed by atoms with E-state index in [9.17, 15) is 14.7 Å². The maximum absolute atomic E-state index is 13.0. The summed E-state index contributed by atoms with van der Waals surface area (Å²) in [4.78, 5) is 31.7. The largest absolute Gasteiger partial charge is 0.459 e. The topological polar surface area (TPSA) is 127 Å². The number of carbonyl (C=O) groups is 2. The highest BCUT2D eigenvalue weighted by atomic mass is 16.3. The van der Waals surface area contributed by atoms with Gasteiger partial charge in [0.25, 0.3) is 5.91 Å². The van der Waals surface area contributed by atoms with Crippen LogP contribution >= 0.6 is 0 Å². The number of aliphatic hydroxyl groups excluding tert-OH is 1. The number of furan rings is 1. The van der Waals surface area contributed by atoms with Crippen LogP contribution in [0.3, 0.4) is 0 Å². The van der Waals surface area contributed by atoms with E-state index in [0.29, 0.717) is 18.0 Å². The molecule has 4 N–H and O–H groups in total. The molecule has 0 aliphatic heterocycles. The van der Waals surface area contributed by atoms with Crippen molar-refractivity contribution in [1.29, 1.82) is 0 Å². The summed E-state index contributed by atoms with van der Waals surface area (Å²) in [6.45, 7) is 0.359. The summed E-state index contributed by atoms with van der Waals surface area (Å²) in [6.07, 6.45) is 5.99. The molecule has 0 bridgehead atoms. The van der Waals surface area contributed by atoms with Gasteiger partial charge in [-0.1, -0.05) is 19.3 Å². The molecule has 4 rings (SSSR count). The first-order valence-electron chi connectivity index (χ1n) is 11.0. The summed E-state index contributed by atoms with van der Waals surface area (Å²) in [5, 5.41) is 12.3. The number of anilines is 2. The zero-order valence-electron chi connectivity index (χ0n) is 18.2. The molecular weight excluding hydrogens is 410 g/mol. The van der Waals surface area contributed by atoms with Gasteiger partial charge in [0.2, 0.25) is 11.9 Å². The Labute approximate surface area is 186 Å². The van der Waals surface area contributed by atoms with Crippen molar-refractivity contribution in [1.82, 2.24) is 9.55 Å². The molecule has 0 saturated heterocycles. The van der Waals surface area contributed by atoms with Crippen molar-refractivity contribution in [2.45, 2.75) is 51.3 Å². The fourth-order valence-corrected chi connectivity index (χ4v) is 4.23. The lowest BCUT2D eigenvalue weighted by Gasteiger charge is -2.26. The van der Waals surface area contributed by atoms with Gasteiger partial charge in [-0.2, -0.15) is 0 Å². The first kappa shape index (κ1) is 22.0. The van der Waals surface area contributed by atoms with Crippen molar-refractivity contribution < 1.29 is 19.1 Å². The Kier molecular flexibility index (Phi) is 6.57. The maximum Gasteiger partial charge on any atom is 0.293 e. The standard InChI is InChI=1S/C23H29N5O4/c1-27(22(31)15-6-3-2-4-7-15)16-9-10-18-17(14-16)25-23(28(18)12-11-20(24)29)26-21(30)19-8-5-13-32-19/h5,8-10,13-15,20,29H,2-4,6-7,11-12,24H2,1H3,(H,25,26,30). The highest BCUT2D eigenvalue weighted by Gasteiger charge is 2.25. The van der Waals surface area contributed by atoms with E-state index in [0.717, 1.165) is 36.9 Å². The molecule has 32 heavy (non-hydrogen) atoms. The number of rotatable bonds is 7. The zero-order valence-corrected chi connectivity index (χ0v) is 18.2. The molecule has 0 radical (unpaired) electrons. The van der Waals surface area contributed by atoms with E-state index < -0.39 is 12.1 Å². The number of nitrogens with one attached hydrogen (secondary N) is 1. The molecule has 2 aromatic heterocycles. The Balaban J connectivity index is 1.63. The predicted molar refractivity (Wildman–Crippen MR) is 121 cm³/mol. The molecule has 0 spiro atoms. The van der Waals surface area contributed by atoms with E-state index in [1.54, 1.807) is 28.6 Å². The molecule has 9 heteroatoms. The van der Waals surface area contributed by atoms with Crippen LogP contribution in [0.25, 0.3) is 11.0 Å². The molecule has 2 amide bonds. The number of amides is 2. The van der Waals surface area contributed by atoms with Crippen molar-refractivity contribution in [3.05, 3.63) is 42.4 Å². The number of aliphatic hydroxyl groups is 1. The number of nitrogens with zero attached hydrogens (tertiary/aromatic N) is 3. The molecule has 1 fully saturated rings. The van der Waals surface area contributed by atoms with Crippen LogP contribution in [0.5, 0.6) is 0 Å². The third-order valence-electron chi connectivity index (χ3n) is 6.02. The molecule has 3 aromatic rings. The molecule has 1 aromatic carbocycles. The molecule has 2 heterocycles. The highest BCUT2D eigenvalue weighted by Crippen LogP contribution is 2.29. The number of carbonyl (C=O) groups excluding carboxylic acids is 2.